The van der Waals surface area contributed by atoms with Gasteiger partial charge in [0, 0.05) is 0 Å². The molecule has 0 aliphatic rings. The predicted octanol–water partition coefficient (Wildman–Crippen LogP) is 4.24. The van der Waals surface area contributed by atoms with Crippen LogP contribution in [0.5, 0.6) is 0 Å². The van der Waals surface area contributed by atoms with E-state index in [1.807, 2.05) is 0 Å². The van der Waals surface area contributed by atoms with E-state index in [9.17, 15) is 22.8 Å². The molecule has 5 nitrogen and oxygen atoms in total. The second-order valence-corrected chi connectivity index (χ2v) is 4.94. The lowest BCUT2D eigenvalue weighted by Crippen LogP contribution is -2.16. The molecule has 0 radical (unpaired) electrons. The number of amides is 1. The molecule has 2 aromatic carbocycles. The van der Waals surface area contributed by atoms with Crippen molar-refractivity contribution in [1.29, 1.82) is 0 Å². The number of carbonyl (C=O) groups is 2. The van der Waals surface area contributed by atoms with Gasteiger partial charge < -0.3 is 9.47 Å². The summed E-state index contributed by atoms with van der Waals surface area (Å²) in [5.41, 5.74) is -0.347. The monoisotopic (exact) mass is 353 g/mol. The summed E-state index contributed by atoms with van der Waals surface area (Å²) >= 11 is 0. The number of alkyl halides is 3. The number of esters is 1. The minimum Gasteiger partial charge on any atom is -0.465 e. The van der Waals surface area contributed by atoms with Crippen LogP contribution < -0.4 is 5.32 Å². The summed E-state index contributed by atoms with van der Waals surface area (Å²) in [6, 6.07) is 10.6. The van der Waals surface area contributed by atoms with E-state index in [2.05, 4.69) is 10.1 Å². The van der Waals surface area contributed by atoms with Gasteiger partial charge >= 0.3 is 18.2 Å². The lowest BCUT2D eigenvalue weighted by molar-refractivity contribution is -0.137. The number of hydrogen-bond acceptors (Lipinski definition) is 4. The standard InChI is InChI=1S/C17H14F3NO4/c1-24-15(22)13-7-2-3-8-14(13)21-16(23)25-10-11-5-4-6-12(9-11)17(18,19)20/h2-9H,10H2,1H3,(H,21,23). The summed E-state index contributed by atoms with van der Waals surface area (Å²) < 4.78 is 47.4. The number of halogens is 3. The first kappa shape index (κ1) is 18.3. The molecule has 8 heteroatoms. The Kier molecular flexibility index (Phi) is 5.63. The van der Waals surface area contributed by atoms with Gasteiger partial charge in [0.1, 0.15) is 6.61 Å². The fourth-order valence-corrected chi connectivity index (χ4v) is 2.01. The molecule has 0 aliphatic heterocycles. The number of nitrogens with one attached hydrogen (secondary N) is 1. The normalized spacial score (nSPS) is 10.9. The van der Waals surface area contributed by atoms with Gasteiger partial charge in [-0.15, -0.1) is 0 Å². The highest BCUT2D eigenvalue weighted by Gasteiger charge is 2.30. The van der Waals surface area contributed by atoms with Crippen LogP contribution in [0.25, 0.3) is 0 Å². The number of benzene rings is 2. The van der Waals surface area contributed by atoms with Crippen molar-refractivity contribution in [3.63, 3.8) is 0 Å². The van der Waals surface area contributed by atoms with Crippen molar-refractivity contribution >= 4 is 17.7 Å². The number of methoxy groups -OCH3 is 1. The van der Waals surface area contributed by atoms with Crippen molar-refractivity contribution in [2.75, 3.05) is 12.4 Å². The van der Waals surface area contributed by atoms with E-state index in [0.29, 0.717) is 0 Å². The molecule has 0 spiro atoms. The number of anilines is 1. The van der Waals surface area contributed by atoms with Crippen LogP contribution in [0.3, 0.4) is 0 Å². The van der Waals surface area contributed by atoms with Crippen LogP contribution in [0, 0.1) is 0 Å². The van der Waals surface area contributed by atoms with Gasteiger partial charge in [-0.25, -0.2) is 9.59 Å². The molecule has 0 bridgehead atoms. The molecule has 0 unspecified atom stereocenters. The average Bonchev–Trinajstić information content (AvgIpc) is 2.59. The summed E-state index contributed by atoms with van der Waals surface area (Å²) in [4.78, 5) is 23.4. The van der Waals surface area contributed by atoms with E-state index in [4.69, 9.17) is 4.74 Å². The maximum atomic E-state index is 12.6. The molecule has 0 heterocycles. The zero-order valence-corrected chi connectivity index (χ0v) is 13.1. The lowest BCUT2D eigenvalue weighted by atomic mass is 10.1. The second kappa shape index (κ2) is 7.69. The zero-order valence-electron chi connectivity index (χ0n) is 13.1. The predicted molar refractivity (Wildman–Crippen MR) is 83.0 cm³/mol. The quantitative estimate of drug-likeness (QED) is 0.835. The van der Waals surface area contributed by atoms with Gasteiger partial charge in [0.05, 0.1) is 23.9 Å². The molecule has 0 saturated heterocycles. The highest BCUT2D eigenvalue weighted by Crippen LogP contribution is 2.29. The largest absolute Gasteiger partial charge is 0.465 e. The minimum absolute atomic E-state index is 0.126. The zero-order chi connectivity index (χ0) is 18.4. The molecule has 25 heavy (non-hydrogen) atoms. The van der Waals surface area contributed by atoms with Gasteiger partial charge in [0.2, 0.25) is 0 Å². The maximum Gasteiger partial charge on any atom is 0.416 e. The highest BCUT2D eigenvalue weighted by atomic mass is 19.4. The van der Waals surface area contributed by atoms with Crippen LogP contribution >= 0.6 is 0 Å². The van der Waals surface area contributed by atoms with Crippen molar-refractivity contribution in [3.8, 4) is 0 Å². The van der Waals surface area contributed by atoms with Crippen LogP contribution in [-0.2, 0) is 22.3 Å². The molecular formula is C17H14F3NO4. The molecule has 0 aromatic heterocycles. The van der Waals surface area contributed by atoms with E-state index >= 15 is 0 Å². The van der Waals surface area contributed by atoms with Crippen LogP contribution in [-0.4, -0.2) is 19.2 Å². The Morgan fingerprint density at radius 1 is 1.08 bits per heavy atom. The fourth-order valence-electron chi connectivity index (χ4n) is 2.01. The molecule has 0 saturated carbocycles. The Labute approximate surface area is 141 Å². The van der Waals surface area contributed by atoms with Gasteiger partial charge in [-0.05, 0) is 29.8 Å². The molecular weight excluding hydrogens is 339 g/mol. The lowest BCUT2D eigenvalue weighted by Gasteiger charge is -2.11. The van der Waals surface area contributed by atoms with Gasteiger partial charge in [-0.3, -0.25) is 5.32 Å². The number of ether oxygens (including phenoxy) is 2. The Morgan fingerprint density at radius 3 is 2.48 bits per heavy atom. The molecule has 0 atom stereocenters. The summed E-state index contributed by atoms with van der Waals surface area (Å²) in [7, 11) is 1.20. The van der Waals surface area contributed by atoms with Gasteiger partial charge in [0.15, 0.2) is 0 Å². The maximum absolute atomic E-state index is 12.6. The molecule has 1 N–H and O–H groups in total. The van der Waals surface area contributed by atoms with Crippen LogP contribution in [0.1, 0.15) is 21.5 Å². The van der Waals surface area contributed by atoms with E-state index in [0.717, 1.165) is 12.1 Å². The van der Waals surface area contributed by atoms with Crippen molar-refractivity contribution in [2.45, 2.75) is 12.8 Å². The number of carbonyl (C=O) groups excluding carboxylic acids is 2. The van der Waals surface area contributed by atoms with E-state index < -0.39 is 23.8 Å². The highest BCUT2D eigenvalue weighted by molar-refractivity contribution is 5.99. The van der Waals surface area contributed by atoms with Crippen molar-refractivity contribution < 1.29 is 32.2 Å². The van der Waals surface area contributed by atoms with E-state index in [1.165, 1.54) is 31.4 Å². The Bertz CT molecular complexity index is 774. The number of para-hydroxylation sites is 1. The van der Waals surface area contributed by atoms with Crippen LogP contribution in [0.15, 0.2) is 48.5 Å². The summed E-state index contributed by atoms with van der Waals surface area (Å²) in [6.45, 7) is -0.351. The summed E-state index contributed by atoms with van der Waals surface area (Å²) in [6.07, 6.45) is -5.38. The van der Waals surface area contributed by atoms with Crippen LogP contribution in [0.2, 0.25) is 0 Å². The first-order valence-corrected chi connectivity index (χ1v) is 7.08. The number of rotatable bonds is 4. The molecule has 2 rings (SSSR count). The average molecular weight is 353 g/mol. The van der Waals surface area contributed by atoms with Gasteiger partial charge in [-0.1, -0.05) is 24.3 Å². The molecule has 2 aromatic rings. The van der Waals surface area contributed by atoms with E-state index in [1.54, 1.807) is 12.1 Å². The molecule has 0 aliphatic carbocycles. The second-order valence-electron chi connectivity index (χ2n) is 4.94. The third-order valence-electron chi connectivity index (χ3n) is 3.19. The van der Waals surface area contributed by atoms with Gasteiger partial charge in [0.25, 0.3) is 0 Å². The first-order valence-electron chi connectivity index (χ1n) is 7.08. The topological polar surface area (TPSA) is 64.6 Å². The van der Waals surface area contributed by atoms with Crippen molar-refractivity contribution in [1.82, 2.24) is 0 Å². The summed E-state index contributed by atoms with van der Waals surface area (Å²) in [5.74, 6) is -0.645. The van der Waals surface area contributed by atoms with Gasteiger partial charge in [-0.2, -0.15) is 13.2 Å². The van der Waals surface area contributed by atoms with Crippen molar-refractivity contribution in [3.05, 3.63) is 65.2 Å². The fraction of sp³-hybridized carbons (Fsp3) is 0.176. The summed E-state index contributed by atoms with van der Waals surface area (Å²) in [5, 5.41) is 2.36. The smallest absolute Gasteiger partial charge is 0.416 e. The minimum atomic E-state index is -4.47. The first-order chi connectivity index (χ1) is 11.8. The third-order valence-corrected chi connectivity index (χ3v) is 3.19. The van der Waals surface area contributed by atoms with Crippen LogP contribution in [0.4, 0.5) is 23.7 Å². The molecule has 132 valence electrons. The SMILES string of the molecule is COC(=O)c1ccccc1NC(=O)OCc1cccc(C(F)(F)F)c1. The molecule has 1 amide bonds. The third kappa shape index (κ3) is 4.97. The number of hydrogen-bond donors (Lipinski definition) is 1. The Balaban J connectivity index is 2.02. The van der Waals surface area contributed by atoms with E-state index in [-0.39, 0.29) is 23.4 Å². The Hall–Kier alpha value is -3.03. The molecule has 0 fully saturated rings. The Morgan fingerprint density at radius 2 is 1.80 bits per heavy atom. The van der Waals surface area contributed by atoms with Crippen molar-refractivity contribution in [2.24, 2.45) is 0 Å².